The highest BCUT2D eigenvalue weighted by Gasteiger charge is 2.61. The number of carbonyl (C=O) groups is 4. The molecule has 34 heavy (non-hydrogen) atoms. The number of Topliss-reactive ketones (excluding diaryl/α,β-unsaturated/α-hetero) is 1. The summed E-state index contributed by atoms with van der Waals surface area (Å²) < 4.78 is 33.6. The van der Waals surface area contributed by atoms with Crippen molar-refractivity contribution in [1.29, 1.82) is 0 Å². The van der Waals surface area contributed by atoms with Crippen molar-refractivity contribution in [3.63, 3.8) is 0 Å². The Morgan fingerprint density at radius 1 is 1.03 bits per heavy atom. The number of methoxy groups -OCH3 is 1. The molecule has 2 aliphatic rings. The summed E-state index contributed by atoms with van der Waals surface area (Å²) in [5.74, 6) is -2.24. The van der Waals surface area contributed by atoms with E-state index in [2.05, 4.69) is 0 Å². The molecule has 2 aromatic carbocycles. The molecule has 0 aromatic heterocycles. The van der Waals surface area contributed by atoms with E-state index < -0.39 is 35.4 Å². The zero-order valence-corrected chi connectivity index (χ0v) is 19.2. The Morgan fingerprint density at radius 2 is 1.74 bits per heavy atom. The summed E-state index contributed by atoms with van der Waals surface area (Å²) in [4.78, 5) is 49.9. The largest absolute Gasteiger partial charge is 0.496 e. The van der Waals surface area contributed by atoms with Gasteiger partial charge in [0.25, 0.3) is 0 Å². The van der Waals surface area contributed by atoms with Gasteiger partial charge in [0.05, 0.1) is 12.7 Å². The molecular formula is C24H22O10. The van der Waals surface area contributed by atoms with Gasteiger partial charge in [-0.2, -0.15) is 0 Å². The van der Waals surface area contributed by atoms with Crippen LogP contribution in [0.1, 0.15) is 42.3 Å². The van der Waals surface area contributed by atoms with Crippen molar-refractivity contribution in [2.24, 2.45) is 0 Å². The first kappa shape index (κ1) is 23.1. The van der Waals surface area contributed by atoms with Crippen LogP contribution in [-0.2, 0) is 24.7 Å². The topological polar surface area (TPSA) is 124 Å². The fourth-order valence-corrected chi connectivity index (χ4v) is 4.26. The van der Waals surface area contributed by atoms with Gasteiger partial charge < -0.3 is 28.4 Å². The molecule has 2 aliphatic heterocycles. The fourth-order valence-electron chi connectivity index (χ4n) is 4.26. The van der Waals surface area contributed by atoms with Crippen molar-refractivity contribution < 1.29 is 47.6 Å². The molecule has 0 unspecified atom stereocenters. The lowest BCUT2D eigenvalue weighted by atomic mass is 9.76. The SMILES string of the molecule is COc1cc2c(c(OC(C)=O)c1C)C(=O)[C@]1(OC(C)=O)c3cccc(OC(C)=O)c3OC[C@H]1O2. The van der Waals surface area contributed by atoms with Gasteiger partial charge in [0.2, 0.25) is 11.4 Å². The highest BCUT2D eigenvalue weighted by atomic mass is 16.6. The minimum absolute atomic E-state index is 0.0553. The number of benzene rings is 2. The number of esters is 3. The summed E-state index contributed by atoms with van der Waals surface area (Å²) in [5, 5.41) is 0. The van der Waals surface area contributed by atoms with Crippen molar-refractivity contribution in [2.45, 2.75) is 39.4 Å². The lowest BCUT2D eigenvalue weighted by Gasteiger charge is -2.45. The van der Waals surface area contributed by atoms with E-state index >= 15 is 0 Å². The van der Waals surface area contributed by atoms with Crippen molar-refractivity contribution in [3.8, 4) is 28.7 Å². The molecule has 0 amide bonds. The smallest absolute Gasteiger partial charge is 0.308 e. The number of ketones is 1. The average Bonchev–Trinajstić information content (AvgIpc) is 2.75. The standard InChI is InChI=1S/C24H22O10/c1-11-17(29-5)9-18-20(21(11)32-13(3)26)23(28)24(34-14(4)27)15-7-6-8-16(31-12(2)25)22(15)30-10-19(24)33-18/h6-9,19H,10H2,1-5H3/t19-,24+/m1/s1. The Hall–Kier alpha value is -4.08. The fraction of sp³-hybridized carbons (Fsp3) is 0.333. The van der Waals surface area contributed by atoms with Gasteiger partial charge in [0.15, 0.2) is 23.4 Å². The van der Waals surface area contributed by atoms with Crippen molar-refractivity contribution in [1.82, 2.24) is 0 Å². The van der Waals surface area contributed by atoms with Crippen molar-refractivity contribution in [3.05, 3.63) is 41.0 Å². The highest BCUT2D eigenvalue weighted by molar-refractivity contribution is 6.11. The molecule has 0 fully saturated rings. The lowest BCUT2D eigenvalue weighted by molar-refractivity contribution is -0.168. The third-order valence-electron chi connectivity index (χ3n) is 5.52. The second-order valence-corrected chi connectivity index (χ2v) is 7.80. The molecule has 2 heterocycles. The quantitative estimate of drug-likeness (QED) is 0.487. The number of hydrogen-bond donors (Lipinski definition) is 0. The van der Waals surface area contributed by atoms with Crippen molar-refractivity contribution >= 4 is 23.7 Å². The van der Waals surface area contributed by atoms with Gasteiger partial charge in [-0.3, -0.25) is 19.2 Å². The number of rotatable bonds is 4. The monoisotopic (exact) mass is 470 g/mol. The van der Waals surface area contributed by atoms with Crippen LogP contribution < -0.4 is 23.7 Å². The molecular weight excluding hydrogens is 448 g/mol. The van der Waals surface area contributed by atoms with Gasteiger partial charge in [-0.05, 0) is 13.0 Å². The van der Waals surface area contributed by atoms with Gasteiger partial charge in [0, 0.05) is 32.4 Å². The third-order valence-corrected chi connectivity index (χ3v) is 5.52. The summed E-state index contributed by atoms with van der Waals surface area (Å²) in [5.41, 5.74) is -1.56. The second-order valence-electron chi connectivity index (χ2n) is 7.80. The molecule has 10 heteroatoms. The van der Waals surface area contributed by atoms with Crippen LogP contribution in [0.15, 0.2) is 24.3 Å². The summed E-state index contributed by atoms with van der Waals surface area (Å²) in [6, 6.07) is 6.04. The maximum atomic E-state index is 14.2. The minimum Gasteiger partial charge on any atom is -0.496 e. The van der Waals surface area contributed by atoms with Gasteiger partial charge in [0.1, 0.15) is 23.7 Å². The van der Waals surface area contributed by atoms with Gasteiger partial charge in [-0.15, -0.1) is 0 Å². The van der Waals surface area contributed by atoms with Gasteiger partial charge >= 0.3 is 17.9 Å². The van der Waals surface area contributed by atoms with Crippen LogP contribution in [-0.4, -0.2) is 43.5 Å². The van der Waals surface area contributed by atoms with E-state index in [9.17, 15) is 19.2 Å². The Labute approximate surface area is 194 Å². The predicted octanol–water partition coefficient (Wildman–Crippen LogP) is 2.65. The molecule has 2 atom stereocenters. The first-order valence-electron chi connectivity index (χ1n) is 10.4. The van der Waals surface area contributed by atoms with E-state index in [1.165, 1.54) is 45.2 Å². The number of carbonyl (C=O) groups excluding carboxylic acids is 4. The molecule has 0 saturated carbocycles. The molecule has 0 spiro atoms. The van der Waals surface area contributed by atoms with E-state index in [0.29, 0.717) is 11.3 Å². The zero-order valence-electron chi connectivity index (χ0n) is 19.2. The lowest BCUT2D eigenvalue weighted by Crippen LogP contribution is -2.59. The molecule has 0 N–H and O–H groups in total. The molecule has 2 aromatic rings. The van der Waals surface area contributed by atoms with Crippen LogP contribution >= 0.6 is 0 Å². The Morgan fingerprint density at radius 3 is 2.35 bits per heavy atom. The van der Waals surface area contributed by atoms with Crippen LogP contribution in [0, 0.1) is 6.92 Å². The molecule has 178 valence electrons. The normalized spacial score (nSPS) is 19.9. The third kappa shape index (κ3) is 3.51. The van der Waals surface area contributed by atoms with E-state index in [1.807, 2.05) is 0 Å². The first-order chi connectivity index (χ1) is 16.1. The first-order valence-corrected chi connectivity index (χ1v) is 10.4. The van der Waals surface area contributed by atoms with Gasteiger partial charge in [-0.25, -0.2) is 0 Å². The molecule has 10 nitrogen and oxygen atoms in total. The number of fused-ring (bicyclic) bond motifs is 4. The molecule has 0 aliphatic carbocycles. The number of para-hydroxylation sites is 1. The van der Waals surface area contributed by atoms with Crippen LogP contribution in [0.5, 0.6) is 28.7 Å². The Kier molecular flexibility index (Phi) is 5.68. The highest BCUT2D eigenvalue weighted by Crippen LogP contribution is 2.53. The Bertz CT molecular complexity index is 1230. The van der Waals surface area contributed by atoms with Crippen LogP contribution in [0.3, 0.4) is 0 Å². The Balaban J connectivity index is 2.01. The minimum atomic E-state index is -1.99. The van der Waals surface area contributed by atoms with Gasteiger partial charge in [-0.1, -0.05) is 12.1 Å². The summed E-state index contributed by atoms with van der Waals surface area (Å²) in [7, 11) is 1.43. The number of ether oxygens (including phenoxy) is 6. The average molecular weight is 470 g/mol. The van der Waals surface area contributed by atoms with E-state index in [1.54, 1.807) is 6.92 Å². The van der Waals surface area contributed by atoms with Crippen molar-refractivity contribution in [2.75, 3.05) is 13.7 Å². The second kappa shape index (κ2) is 8.36. The summed E-state index contributed by atoms with van der Waals surface area (Å²) >= 11 is 0. The van der Waals surface area contributed by atoms with E-state index in [-0.39, 0.29) is 40.7 Å². The molecule has 0 radical (unpaired) electrons. The molecule has 0 saturated heterocycles. The molecule has 0 bridgehead atoms. The maximum Gasteiger partial charge on any atom is 0.308 e. The van der Waals surface area contributed by atoms with Crippen LogP contribution in [0.4, 0.5) is 0 Å². The van der Waals surface area contributed by atoms with Crippen LogP contribution in [0.25, 0.3) is 0 Å². The van der Waals surface area contributed by atoms with E-state index in [0.717, 1.165) is 6.92 Å². The maximum absolute atomic E-state index is 14.2. The summed E-state index contributed by atoms with van der Waals surface area (Å²) in [6.07, 6.45) is -1.09. The predicted molar refractivity (Wildman–Crippen MR) is 114 cm³/mol. The molecule has 4 rings (SSSR count). The zero-order chi connectivity index (χ0) is 24.8. The summed E-state index contributed by atoms with van der Waals surface area (Å²) in [6.45, 7) is 4.99. The van der Waals surface area contributed by atoms with E-state index in [4.69, 9.17) is 28.4 Å². The number of hydrogen-bond acceptors (Lipinski definition) is 10. The van der Waals surface area contributed by atoms with Crippen LogP contribution in [0.2, 0.25) is 0 Å².